The fourth-order valence-electron chi connectivity index (χ4n) is 6.41. The molecule has 0 atom stereocenters. The Kier molecular flexibility index (Phi) is 5.20. The van der Waals surface area contributed by atoms with Gasteiger partial charge in [0, 0.05) is 22.7 Å². The van der Waals surface area contributed by atoms with Crippen molar-refractivity contribution in [3.63, 3.8) is 0 Å². The molecule has 4 saturated carbocycles. The van der Waals surface area contributed by atoms with Gasteiger partial charge in [0.25, 0.3) is 0 Å². The molecule has 4 nitrogen and oxygen atoms in total. The van der Waals surface area contributed by atoms with E-state index in [-0.39, 0.29) is 11.3 Å². The lowest BCUT2D eigenvalue weighted by atomic mass is 9.49. The summed E-state index contributed by atoms with van der Waals surface area (Å²) >= 11 is 15.8. The van der Waals surface area contributed by atoms with E-state index in [1.54, 1.807) is 10.7 Å². The Hall–Kier alpha value is -1.04. The molecule has 6 rings (SSSR count). The summed E-state index contributed by atoms with van der Waals surface area (Å²) in [6.45, 7) is 0.513. The van der Waals surface area contributed by atoms with Gasteiger partial charge in [-0.05, 0) is 95.3 Å². The fraction of sp³-hybridized carbons (Fsp3) is 0.545. The van der Waals surface area contributed by atoms with Gasteiger partial charge in [0.05, 0.1) is 11.0 Å². The predicted molar refractivity (Wildman–Crippen MR) is 119 cm³/mol. The largest absolute Gasteiger partial charge is 0.308 e. The number of rotatable bonds is 5. The average molecular weight is 497 g/mol. The molecule has 1 N–H and O–H groups in total. The van der Waals surface area contributed by atoms with Crippen LogP contribution in [0.25, 0.3) is 0 Å². The van der Waals surface area contributed by atoms with Gasteiger partial charge in [0.1, 0.15) is 0 Å². The maximum Gasteiger partial charge on any atom is 0.226 e. The summed E-state index contributed by atoms with van der Waals surface area (Å²) in [6, 6.07) is 5.44. The highest BCUT2D eigenvalue weighted by Crippen LogP contribution is 2.61. The molecule has 1 aromatic heterocycles. The van der Waals surface area contributed by atoms with Crippen molar-refractivity contribution in [3.8, 4) is 0 Å². The molecule has 0 spiro atoms. The third-order valence-corrected chi connectivity index (χ3v) is 8.19. The van der Waals surface area contributed by atoms with Crippen molar-refractivity contribution in [2.75, 3.05) is 5.32 Å². The Morgan fingerprint density at radius 3 is 2.45 bits per heavy atom. The van der Waals surface area contributed by atoms with Crippen LogP contribution in [0, 0.1) is 23.2 Å². The normalized spacial score (nSPS) is 30.0. The third kappa shape index (κ3) is 4.11. The van der Waals surface area contributed by atoms with Crippen LogP contribution in [0.2, 0.25) is 10.0 Å². The highest BCUT2D eigenvalue weighted by molar-refractivity contribution is 9.10. The topological polar surface area (TPSA) is 46.9 Å². The summed E-state index contributed by atoms with van der Waals surface area (Å²) in [6.07, 6.45) is 10.4. The fourth-order valence-corrected chi connectivity index (χ4v) is 7.29. The van der Waals surface area contributed by atoms with Crippen LogP contribution >= 0.6 is 39.1 Å². The standard InChI is InChI=1S/C22H24BrCl2N3O/c23-18-12-28(11-16-1-2-17(24)6-19(16)25)27-21(18)26-20(29)10-22-7-13-3-14(8-22)5-15(4-13)9-22/h1-2,6,12-15H,3-5,7-11H2,(H,26,27,29). The minimum absolute atomic E-state index is 0.0856. The molecule has 1 aromatic carbocycles. The van der Waals surface area contributed by atoms with Crippen molar-refractivity contribution in [1.82, 2.24) is 9.78 Å². The second kappa shape index (κ2) is 7.58. The quantitative estimate of drug-likeness (QED) is 0.510. The van der Waals surface area contributed by atoms with Gasteiger partial charge in [0.15, 0.2) is 5.82 Å². The number of anilines is 1. The number of nitrogens with one attached hydrogen (secondary N) is 1. The van der Waals surface area contributed by atoms with Crippen molar-refractivity contribution in [3.05, 3.63) is 44.5 Å². The van der Waals surface area contributed by atoms with E-state index in [1.807, 2.05) is 18.3 Å². The lowest BCUT2D eigenvalue weighted by Gasteiger charge is -2.56. The second-order valence-corrected chi connectivity index (χ2v) is 11.1. The summed E-state index contributed by atoms with van der Waals surface area (Å²) < 4.78 is 2.56. The average Bonchev–Trinajstić information content (AvgIpc) is 2.94. The van der Waals surface area contributed by atoms with Gasteiger partial charge in [-0.2, -0.15) is 5.10 Å². The van der Waals surface area contributed by atoms with E-state index in [0.29, 0.717) is 28.8 Å². The number of aromatic nitrogens is 2. The molecule has 4 aliphatic rings. The monoisotopic (exact) mass is 495 g/mol. The Bertz CT molecular complexity index is 922. The van der Waals surface area contributed by atoms with Crippen LogP contribution in [-0.4, -0.2) is 15.7 Å². The van der Waals surface area contributed by atoms with Gasteiger partial charge in [-0.3, -0.25) is 9.48 Å². The van der Waals surface area contributed by atoms with E-state index >= 15 is 0 Å². The van der Waals surface area contributed by atoms with E-state index in [9.17, 15) is 4.79 Å². The number of benzene rings is 1. The van der Waals surface area contributed by atoms with Crippen molar-refractivity contribution in [1.29, 1.82) is 0 Å². The van der Waals surface area contributed by atoms with Gasteiger partial charge >= 0.3 is 0 Å². The van der Waals surface area contributed by atoms with E-state index in [2.05, 4.69) is 26.3 Å². The molecule has 2 aromatic rings. The molecule has 4 aliphatic carbocycles. The molecule has 154 valence electrons. The first-order valence-electron chi connectivity index (χ1n) is 10.3. The van der Waals surface area contributed by atoms with Gasteiger partial charge in [-0.25, -0.2) is 0 Å². The summed E-state index contributed by atoms with van der Waals surface area (Å²) in [5.74, 6) is 3.21. The van der Waals surface area contributed by atoms with Crippen molar-refractivity contribution in [2.45, 2.75) is 51.5 Å². The minimum atomic E-state index is 0.0856. The highest BCUT2D eigenvalue weighted by atomic mass is 79.9. The van der Waals surface area contributed by atoms with Gasteiger partial charge in [-0.1, -0.05) is 29.3 Å². The first-order chi connectivity index (χ1) is 13.9. The van der Waals surface area contributed by atoms with Crippen LogP contribution in [0.3, 0.4) is 0 Å². The van der Waals surface area contributed by atoms with Crippen LogP contribution in [0.1, 0.15) is 50.5 Å². The van der Waals surface area contributed by atoms with E-state index in [4.69, 9.17) is 23.2 Å². The van der Waals surface area contributed by atoms with E-state index in [1.165, 1.54) is 38.5 Å². The Balaban J connectivity index is 1.26. The Labute approximate surface area is 189 Å². The number of halogens is 3. The predicted octanol–water partition coefficient (Wildman–Crippen LogP) is 6.55. The summed E-state index contributed by atoms with van der Waals surface area (Å²) in [5, 5.41) is 8.81. The molecule has 0 radical (unpaired) electrons. The van der Waals surface area contributed by atoms with Crippen LogP contribution < -0.4 is 5.32 Å². The molecule has 4 bridgehead atoms. The number of nitrogens with zero attached hydrogens (tertiary/aromatic N) is 2. The molecule has 29 heavy (non-hydrogen) atoms. The Morgan fingerprint density at radius 2 is 1.83 bits per heavy atom. The number of carbonyl (C=O) groups excluding carboxylic acids is 1. The molecule has 0 aliphatic heterocycles. The third-order valence-electron chi connectivity index (χ3n) is 7.02. The maximum absolute atomic E-state index is 12.9. The molecule has 7 heteroatoms. The molecule has 4 fully saturated rings. The number of hydrogen-bond donors (Lipinski definition) is 1. The Morgan fingerprint density at radius 1 is 1.17 bits per heavy atom. The summed E-state index contributed by atoms with van der Waals surface area (Å²) in [7, 11) is 0. The van der Waals surface area contributed by atoms with Crippen LogP contribution in [0.4, 0.5) is 5.82 Å². The maximum atomic E-state index is 12.9. The second-order valence-electron chi connectivity index (χ2n) is 9.40. The lowest BCUT2D eigenvalue weighted by Crippen LogP contribution is -2.47. The van der Waals surface area contributed by atoms with Crippen molar-refractivity contribution >= 4 is 50.9 Å². The molecule has 1 heterocycles. The SMILES string of the molecule is O=C(CC12CC3CC(CC(C3)C1)C2)Nc1nn(Cc2ccc(Cl)cc2Cl)cc1Br. The molecule has 0 unspecified atom stereocenters. The zero-order chi connectivity index (χ0) is 20.2. The van der Waals surface area contributed by atoms with Gasteiger partial charge in [-0.15, -0.1) is 0 Å². The minimum Gasteiger partial charge on any atom is -0.308 e. The summed E-state index contributed by atoms with van der Waals surface area (Å²) in [5.41, 5.74) is 1.16. The van der Waals surface area contributed by atoms with Crippen LogP contribution in [-0.2, 0) is 11.3 Å². The zero-order valence-corrected chi connectivity index (χ0v) is 19.2. The van der Waals surface area contributed by atoms with E-state index in [0.717, 1.165) is 27.8 Å². The lowest BCUT2D eigenvalue weighted by molar-refractivity contribution is -0.124. The molecule has 0 saturated heterocycles. The van der Waals surface area contributed by atoms with Crippen LogP contribution in [0.5, 0.6) is 0 Å². The van der Waals surface area contributed by atoms with Crippen molar-refractivity contribution in [2.24, 2.45) is 23.2 Å². The molecular weight excluding hydrogens is 473 g/mol. The molecular formula is C22H24BrCl2N3O. The summed E-state index contributed by atoms with van der Waals surface area (Å²) in [4.78, 5) is 12.9. The van der Waals surface area contributed by atoms with Crippen LogP contribution in [0.15, 0.2) is 28.9 Å². The number of carbonyl (C=O) groups is 1. The smallest absolute Gasteiger partial charge is 0.226 e. The van der Waals surface area contributed by atoms with E-state index < -0.39 is 0 Å². The number of amides is 1. The first kappa shape index (κ1) is 19.9. The van der Waals surface area contributed by atoms with Gasteiger partial charge in [0.2, 0.25) is 5.91 Å². The highest BCUT2D eigenvalue weighted by Gasteiger charge is 2.51. The first-order valence-corrected chi connectivity index (χ1v) is 11.9. The number of hydrogen-bond acceptors (Lipinski definition) is 2. The van der Waals surface area contributed by atoms with Gasteiger partial charge < -0.3 is 5.32 Å². The zero-order valence-electron chi connectivity index (χ0n) is 16.1. The molecule has 1 amide bonds. The van der Waals surface area contributed by atoms with Crippen molar-refractivity contribution < 1.29 is 4.79 Å².